The molecule has 0 saturated heterocycles. The number of thiocarbonyl (C=S) groups is 1. The molecule has 0 radical (unpaired) electrons. The molecular weight excluding hydrogens is 228 g/mol. The number of hydrogen-bond donors (Lipinski definition) is 2. The molecule has 94 valence electrons. The van der Waals surface area contributed by atoms with Crippen LogP contribution >= 0.6 is 12.2 Å². The molecule has 1 rings (SSSR count). The lowest BCUT2D eigenvalue weighted by molar-refractivity contribution is 0.592. The first-order valence-corrected chi connectivity index (χ1v) is 6.38. The predicted octanol–water partition coefficient (Wildman–Crippen LogP) is 3.68. The van der Waals surface area contributed by atoms with Crippen molar-refractivity contribution < 1.29 is 0 Å². The van der Waals surface area contributed by atoms with Gasteiger partial charge in [-0.25, -0.2) is 0 Å². The third kappa shape index (κ3) is 4.35. The van der Waals surface area contributed by atoms with Crippen LogP contribution in [0.25, 0.3) is 0 Å². The minimum absolute atomic E-state index is 0.108. The lowest BCUT2D eigenvalue weighted by Crippen LogP contribution is -2.34. The molecule has 3 heteroatoms. The molecule has 0 unspecified atom stereocenters. The summed E-state index contributed by atoms with van der Waals surface area (Å²) in [5.74, 6) is 0. The summed E-state index contributed by atoms with van der Waals surface area (Å²) in [4.78, 5) is 0. The minimum Gasteiger partial charge on any atom is -0.360 e. The molecule has 0 spiro atoms. The summed E-state index contributed by atoms with van der Waals surface area (Å²) in [5.41, 5.74) is 2.46. The fourth-order valence-corrected chi connectivity index (χ4v) is 2.01. The van der Waals surface area contributed by atoms with Crippen molar-refractivity contribution in [2.24, 2.45) is 0 Å². The van der Waals surface area contributed by atoms with E-state index < -0.39 is 0 Å². The van der Waals surface area contributed by atoms with Crippen molar-refractivity contribution in [2.45, 2.75) is 46.1 Å². The maximum absolute atomic E-state index is 5.27. The molecule has 0 aliphatic heterocycles. The maximum Gasteiger partial charge on any atom is 0.170 e. The fourth-order valence-electron chi connectivity index (χ4n) is 1.67. The zero-order chi connectivity index (χ0) is 13.1. The van der Waals surface area contributed by atoms with Gasteiger partial charge >= 0.3 is 0 Å². The predicted molar refractivity (Wildman–Crippen MR) is 79.6 cm³/mol. The Bertz CT molecular complexity index is 391. The smallest absolute Gasteiger partial charge is 0.170 e. The monoisotopic (exact) mass is 250 g/mol. The standard InChI is InChI=1S/C14H22N2S/c1-10(2)15-13(17)16-12-9-7-6-8-11(12)14(3,4)5/h6-10H,1-5H3,(H2,15,16,17). The highest BCUT2D eigenvalue weighted by molar-refractivity contribution is 7.80. The van der Waals surface area contributed by atoms with Gasteiger partial charge in [0.1, 0.15) is 0 Å². The highest BCUT2D eigenvalue weighted by Gasteiger charge is 2.17. The Labute approximate surface area is 110 Å². The van der Waals surface area contributed by atoms with E-state index >= 15 is 0 Å². The highest BCUT2D eigenvalue weighted by atomic mass is 32.1. The van der Waals surface area contributed by atoms with Crippen molar-refractivity contribution in [1.82, 2.24) is 5.32 Å². The van der Waals surface area contributed by atoms with Gasteiger partial charge in [-0.1, -0.05) is 39.0 Å². The van der Waals surface area contributed by atoms with Gasteiger partial charge in [0.05, 0.1) is 0 Å². The van der Waals surface area contributed by atoms with Crippen molar-refractivity contribution in [3.05, 3.63) is 29.8 Å². The van der Waals surface area contributed by atoms with Crippen LogP contribution in [0.1, 0.15) is 40.2 Å². The van der Waals surface area contributed by atoms with Gasteiger partial charge in [0.2, 0.25) is 0 Å². The first-order chi connectivity index (χ1) is 7.80. The SMILES string of the molecule is CC(C)NC(=S)Nc1ccccc1C(C)(C)C. The molecule has 0 fully saturated rings. The molecule has 17 heavy (non-hydrogen) atoms. The van der Waals surface area contributed by atoms with Crippen LogP contribution in [0.2, 0.25) is 0 Å². The van der Waals surface area contributed by atoms with E-state index in [0.717, 1.165) is 5.69 Å². The second kappa shape index (κ2) is 5.50. The van der Waals surface area contributed by atoms with E-state index in [0.29, 0.717) is 11.2 Å². The Balaban J connectivity index is 2.88. The van der Waals surface area contributed by atoms with Crippen LogP contribution in [0.3, 0.4) is 0 Å². The van der Waals surface area contributed by atoms with E-state index in [1.165, 1.54) is 5.56 Å². The molecule has 0 aliphatic carbocycles. The molecule has 1 aromatic carbocycles. The maximum atomic E-state index is 5.27. The summed E-state index contributed by atoms with van der Waals surface area (Å²) < 4.78 is 0. The zero-order valence-electron chi connectivity index (χ0n) is 11.3. The van der Waals surface area contributed by atoms with Crippen LogP contribution in [0.5, 0.6) is 0 Å². The molecule has 0 amide bonds. The number of rotatable bonds is 2. The molecular formula is C14H22N2S. The van der Waals surface area contributed by atoms with Gasteiger partial charge in [-0.2, -0.15) is 0 Å². The number of benzene rings is 1. The van der Waals surface area contributed by atoms with E-state index in [1.807, 2.05) is 6.07 Å². The molecule has 2 nitrogen and oxygen atoms in total. The van der Waals surface area contributed by atoms with Crippen molar-refractivity contribution in [3.8, 4) is 0 Å². The average molecular weight is 250 g/mol. The topological polar surface area (TPSA) is 24.1 Å². The van der Waals surface area contributed by atoms with Crippen molar-refractivity contribution in [1.29, 1.82) is 0 Å². The van der Waals surface area contributed by atoms with E-state index in [-0.39, 0.29) is 5.41 Å². The number of para-hydroxylation sites is 1. The molecule has 0 aromatic heterocycles. The summed E-state index contributed by atoms with van der Waals surface area (Å²) in [6, 6.07) is 8.63. The number of hydrogen-bond acceptors (Lipinski definition) is 1. The van der Waals surface area contributed by atoms with Crippen molar-refractivity contribution in [2.75, 3.05) is 5.32 Å². The lowest BCUT2D eigenvalue weighted by Gasteiger charge is -2.24. The second-order valence-corrected chi connectivity index (χ2v) is 5.96. The van der Waals surface area contributed by atoms with Crippen LogP contribution in [-0.4, -0.2) is 11.2 Å². The van der Waals surface area contributed by atoms with Gasteiger partial charge in [0.25, 0.3) is 0 Å². The molecule has 0 atom stereocenters. The van der Waals surface area contributed by atoms with Gasteiger partial charge in [-0.05, 0) is 43.1 Å². The summed E-state index contributed by atoms with van der Waals surface area (Å²) in [6.07, 6.45) is 0. The molecule has 0 heterocycles. The highest BCUT2D eigenvalue weighted by Crippen LogP contribution is 2.29. The van der Waals surface area contributed by atoms with Gasteiger partial charge in [0.15, 0.2) is 5.11 Å². The van der Waals surface area contributed by atoms with Crippen LogP contribution in [0.15, 0.2) is 24.3 Å². The van der Waals surface area contributed by atoms with Crippen molar-refractivity contribution in [3.63, 3.8) is 0 Å². The minimum atomic E-state index is 0.108. The van der Waals surface area contributed by atoms with Crippen LogP contribution in [-0.2, 0) is 5.41 Å². The molecule has 1 aromatic rings. The van der Waals surface area contributed by atoms with E-state index in [4.69, 9.17) is 12.2 Å². The van der Waals surface area contributed by atoms with Gasteiger partial charge in [-0.3, -0.25) is 0 Å². The van der Waals surface area contributed by atoms with Crippen molar-refractivity contribution >= 4 is 23.0 Å². The number of anilines is 1. The van der Waals surface area contributed by atoms with Crippen LogP contribution in [0.4, 0.5) is 5.69 Å². The normalized spacial score (nSPS) is 11.4. The van der Waals surface area contributed by atoms with Gasteiger partial charge in [0, 0.05) is 11.7 Å². The summed E-state index contributed by atoms with van der Waals surface area (Å²) in [7, 11) is 0. The van der Waals surface area contributed by atoms with Gasteiger partial charge in [-0.15, -0.1) is 0 Å². The van der Waals surface area contributed by atoms with Crippen LogP contribution < -0.4 is 10.6 Å². The second-order valence-electron chi connectivity index (χ2n) is 5.55. The summed E-state index contributed by atoms with van der Waals surface area (Å²) in [5, 5.41) is 7.14. The lowest BCUT2D eigenvalue weighted by atomic mass is 9.86. The Morgan fingerprint density at radius 1 is 1.18 bits per heavy atom. The molecule has 0 bridgehead atoms. The Morgan fingerprint density at radius 2 is 1.76 bits per heavy atom. The largest absolute Gasteiger partial charge is 0.360 e. The molecule has 0 saturated carbocycles. The van der Waals surface area contributed by atoms with E-state index in [9.17, 15) is 0 Å². The Kier molecular flexibility index (Phi) is 4.52. The fraction of sp³-hybridized carbons (Fsp3) is 0.500. The third-order valence-corrected chi connectivity index (χ3v) is 2.62. The molecule has 0 aliphatic rings. The van der Waals surface area contributed by atoms with Gasteiger partial charge < -0.3 is 10.6 Å². The first-order valence-electron chi connectivity index (χ1n) is 5.97. The summed E-state index contributed by atoms with van der Waals surface area (Å²) in [6.45, 7) is 10.7. The Morgan fingerprint density at radius 3 is 2.29 bits per heavy atom. The summed E-state index contributed by atoms with van der Waals surface area (Å²) >= 11 is 5.27. The molecule has 2 N–H and O–H groups in total. The Hall–Kier alpha value is -1.09. The third-order valence-electron chi connectivity index (χ3n) is 2.40. The quantitative estimate of drug-likeness (QED) is 0.783. The average Bonchev–Trinajstić information content (AvgIpc) is 2.15. The van der Waals surface area contributed by atoms with E-state index in [2.05, 4.69) is 63.5 Å². The van der Waals surface area contributed by atoms with Crippen LogP contribution in [0, 0.1) is 0 Å². The number of nitrogens with one attached hydrogen (secondary N) is 2. The first kappa shape index (κ1) is 14.0. The zero-order valence-corrected chi connectivity index (χ0v) is 12.1. The van der Waals surface area contributed by atoms with E-state index in [1.54, 1.807) is 0 Å².